The van der Waals surface area contributed by atoms with Crippen molar-refractivity contribution in [2.45, 2.75) is 38.1 Å². The smallest absolute Gasteiger partial charge is 0.264 e. The van der Waals surface area contributed by atoms with Gasteiger partial charge in [0.2, 0.25) is 5.89 Å². The van der Waals surface area contributed by atoms with Crippen LogP contribution in [0.15, 0.2) is 70.1 Å². The number of nitrogens with two attached hydrogens (primary N) is 1. The van der Waals surface area contributed by atoms with Crippen LogP contribution >= 0.6 is 11.6 Å². The van der Waals surface area contributed by atoms with Gasteiger partial charge in [-0.1, -0.05) is 48.9 Å². The maximum atomic E-state index is 13.8. The van der Waals surface area contributed by atoms with Crippen molar-refractivity contribution < 1.29 is 4.42 Å². The summed E-state index contributed by atoms with van der Waals surface area (Å²) in [5.41, 5.74) is 7.99. The van der Waals surface area contributed by atoms with Crippen molar-refractivity contribution >= 4 is 34.0 Å². The van der Waals surface area contributed by atoms with Gasteiger partial charge in [0.25, 0.3) is 11.4 Å². The molecule has 0 aliphatic heterocycles. The highest BCUT2D eigenvalue weighted by atomic mass is 35.5. The topological polar surface area (TPSA) is 125 Å². The van der Waals surface area contributed by atoms with Crippen LogP contribution in [0.4, 0.5) is 11.6 Å². The number of fused-ring (bicyclic) bond motifs is 1. The molecule has 3 N–H and O–H groups in total. The third-order valence-corrected chi connectivity index (χ3v) is 6.89. The molecule has 1 aliphatic rings. The average molecular weight is 514 g/mol. The van der Waals surface area contributed by atoms with E-state index in [4.69, 9.17) is 21.8 Å². The Morgan fingerprint density at radius 1 is 1.14 bits per heavy atom. The number of halogens is 1. The van der Waals surface area contributed by atoms with Gasteiger partial charge in [-0.2, -0.15) is 0 Å². The number of nitrogens with zero attached hydrogens (tertiary/aromatic N) is 5. The van der Waals surface area contributed by atoms with E-state index >= 15 is 0 Å². The molecule has 5 aromatic rings. The Bertz CT molecular complexity index is 1660. The second-order valence-corrected chi connectivity index (χ2v) is 9.46. The summed E-state index contributed by atoms with van der Waals surface area (Å²) < 4.78 is 7.62. The number of pyridine rings is 1. The molecule has 2 aromatic carbocycles. The molecule has 0 saturated heterocycles. The number of benzene rings is 2. The Hall–Kier alpha value is -4.24. The molecule has 1 saturated carbocycles. The van der Waals surface area contributed by atoms with Gasteiger partial charge < -0.3 is 15.5 Å². The zero-order valence-electron chi connectivity index (χ0n) is 20.1. The number of hydrogen-bond acceptors (Lipinski definition) is 8. The first kappa shape index (κ1) is 23.2. The molecule has 0 amide bonds. The fourth-order valence-electron chi connectivity index (χ4n) is 4.54. The SMILES string of the molecule is CC[C@H](Nc1ncnc(N)c1-c1nnc(C2CC2)o1)c1cc2cccc(Cl)c2c(=O)n1-c1ccccc1. The van der Waals surface area contributed by atoms with Crippen molar-refractivity contribution in [3.05, 3.63) is 87.9 Å². The molecule has 0 bridgehead atoms. The van der Waals surface area contributed by atoms with Gasteiger partial charge in [-0.15, -0.1) is 10.2 Å². The van der Waals surface area contributed by atoms with E-state index in [0.717, 1.165) is 29.6 Å². The highest BCUT2D eigenvalue weighted by Gasteiger charge is 2.31. The third-order valence-electron chi connectivity index (χ3n) is 6.57. The van der Waals surface area contributed by atoms with Crippen molar-refractivity contribution in [3.63, 3.8) is 0 Å². The number of rotatable bonds is 7. The number of para-hydroxylation sites is 1. The van der Waals surface area contributed by atoms with Crippen LogP contribution in [-0.2, 0) is 0 Å². The van der Waals surface area contributed by atoms with Crippen LogP contribution in [0.5, 0.6) is 0 Å². The first-order valence-electron chi connectivity index (χ1n) is 12.2. The number of anilines is 2. The van der Waals surface area contributed by atoms with Crippen LogP contribution in [-0.4, -0.2) is 24.7 Å². The lowest BCUT2D eigenvalue weighted by molar-refractivity contribution is 0.508. The summed E-state index contributed by atoms with van der Waals surface area (Å²) in [5, 5.41) is 13.5. The normalized spacial score (nSPS) is 14.1. The standard InChI is InChI=1S/C27H24ClN7O2/c1-2-19(32-24-22(23(29)30-14-31-24)26-34-33-25(37-26)15-11-12-15)20-13-16-7-6-10-18(28)21(16)27(36)35(20)17-8-4-3-5-9-17/h3-10,13-15,19H,2,11-12H2,1H3,(H3,29,30,31,32)/t19-/m0/s1. The predicted octanol–water partition coefficient (Wildman–Crippen LogP) is 5.51. The lowest BCUT2D eigenvalue weighted by atomic mass is 10.0. The van der Waals surface area contributed by atoms with Crippen LogP contribution < -0.4 is 16.6 Å². The van der Waals surface area contributed by atoms with E-state index in [-0.39, 0.29) is 23.3 Å². The Labute approximate surface area is 217 Å². The first-order valence-corrected chi connectivity index (χ1v) is 12.5. The molecular weight excluding hydrogens is 490 g/mol. The van der Waals surface area contributed by atoms with Gasteiger partial charge in [0.15, 0.2) is 0 Å². The minimum atomic E-state index is -0.324. The summed E-state index contributed by atoms with van der Waals surface area (Å²) >= 11 is 6.47. The Morgan fingerprint density at radius 3 is 2.70 bits per heavy atom. The van der Waals surface area contributed by atoms with Gasteiger partial charge in [-0.3, -0.25) is 9.36 Å². The van der Waals surface area contributed by atoms with Crippen molar-refractivity contribution in [2.24, 2.45) is 0 Å². The van der Waals surface area contributed by atoms with E-state index in [1.807, 2.05) is 55.5 Å². The van der Waals surface area contributed by atoms with Crippen molar-refractivity contribution in [1.82, 2.24) is 24.7 Å². The van der Waals surface area contributed by atoms with E-state index in [1.165, 1.54) is 6.33 Å². The predicted molar refractivity (Wildman–Crippen MR) is 143 cm³/mol. The molecule has 0 unspecified atom stereocenters. The average Bonchev–Trinajstić information content (AvgIpc) is 3.65. The summed E-state index contributed by atoms with van der Waals surface area (Å²) in [5.74, 6) is 1.84. The molecular formula is C27H24ClN7O2. The highest BCUT2D eigenvalue weighted by Crippen LogP contribution is 2.41. The zero-order chi connectivity index (χ0) is 25.5. The van der Waals surface area contributed by atoms with E-state index in [1.54, 1.807) is 10.6 Å². The monoisotopic (exact) mass is 513 g/mol. The summed E-state index contributed by atoms with van der Waals surface area (Å²) in [7, 11) is 0. The van der Waals surface area contributed by atoms with Crippen molar-refractivity contribution in [3.8, 4) is 17.1 Å². The number of aromatic nitrogens is 5. The fourth-order valence-corrected chi connectivity index (χ4v) is 4.80. The molecule has 186 valence electrons. The second-order valence-electron chi connectivity index (χ2n) is 9.06. The number of nitrogen functional groups attached to an aromatic ring is 1. The van der Waals surface area contributed by atoms with Crippen LogP contribution in [0.3, 0.4) is 0 Å². The van der Waals surface area contributed by atoms with E-state index in [9.17, 15) is 4.79 Å². The number of nitrogens with one attached hydrogen (secondary N) is 1. The molecule has 1 fully saturated rings. The lowest BCUT2D eigenvalue weighted by Crippen LogP contribution is -2.27. The van der Waals surface area contributed by atoms with Gasteiger partial charge in [0, 0.05) is 17.3 Å². The quantitative estimate of drug-likeness (QED) is 0.292. The Kier molecular flexibility index (Phi) is 5.84. The molecule has 6 rings (SSSR count). The molecule has 37 heavy (non-hydrogen) atoms. The molecule has 3 heterocycles. The van der Waals surface area contributed by atoms with Crippen molar-refractivity contribution in [2.75, 3.05) is 11.1 Å². The molecule has 10 heteroatoms. The minimum Gasteiger partial charge on any atom is -0.420 e. The Morgan fingerprint density at radius 2 is 1.95 bits per heavy atom. The maximum Gasteiger partial charge on any atom is 0.264 e. The summed E-state index contributed by atoms with van der Waals surface area (Å²) in [4.78, 5) is 22.4. The minimum absolute atomic E-state index is 0.196. The van der Waals surface area contributed by atoms with Gasteiger partial charge in [0.05, 0.1) is 16.5 Å². The largest absolute Gasteiger partial charge is 0.420 e. The van der Waals surface area contributed by atoms with Crippen LogP contribution in [0.2, 0.25) is 5.02 Å². The Balaban J connectivity index is 1.50. The first-order chi connectivity index (χ1) is 18.0. The van der Waals surface area contributed by atoms with Crippen molar-refractivity contribution in [1.29, 1.82) is 0 Å². The highest BCUT2D eigenvalue weighted by molar-refractivity contribution is 6.35. The lowest BCUT2D eigenvalue weighted by Gasteiger charge is -2.24. The van der Waals surface area contributed by atoms with Gasteiger partial charge in [-0.05, 0) is 48.9 Å². The van der Waals surface area contributed by atoms with Crippen LogP contribution in [0.25, 0.3) is 27.9 Å². The number of hydrogen-bond donors (Lipinski definition) is 2. The summed E-state index contributed by atoms with van der Waals surface area (Å²) in [6.07, 6.45) is 4.10. The van der Waals surface area contributed by atoms with Crippen LogP contribution in [0, 0.1) is 0 Å². The van der Waals surface area contributed by atoms with E-state index in [2.05, 4.69) is 25.5 Å². The maximum absolute atomic E-state index is 13.8. The molecule has 1 atom stereocenters. The molecule has 0 radical (unpaired) electrons. The van der Waals surface area contributed by atoms with Gasteiger partial charge >= 0.3 is 0 Å². The second kappa shape index (κ2) is 9.33. The molecule has 1 aliphatic carbocycles. The van der Waals surface area contributed by atoms with Gasteiger partial charge in [-0.25, -0.2) is 9.97 Å². The molecule has 3 aromatic heterocycles. The van der Waals surface area contributed by atoms with Gasteiger partial charge in [0.1, 0.15) is 23.5 Å². The fraction of sp³-hybridized carbons (Fsp3) is 0.222. The van der Waals surface area contributed by atoms with E-state index in [0.29, 0.717) is 40.0 Å². The zero-order valence-corrected chi connectivity index (χ0v) is 20.8. The third kappa shape index (κ3) is 4.21. The molecule has 9 nitrogen and oxygen atoms in total. The summed E-state index contributed by atoms with van der Waals surface area (Å²) in [6, 6.07) is 16.6. The summed E-state index contributed by atoms with van der Waals surface area (Å²) in [6.45, 7) is 2.03. The van der Waals surface area contributed by atoms with E-state index < -0.39 is 0 Å². The van der Waals surface area contributed by atoms with Crippen LogP contribution in [0.1, 0.15) is 49.7 Å². The molecule has 0 spiro atoms.